The molecule has 1 aromatic rings. The molecule has 1 amide bonds. The van der Waals surface area contributed by atoms with E-state index in [1.165, 1.54) is 11.3 Å². The van der Waals surface area contributed by atoms with E-state index in [-0.39, 0.29) is 11.7 Å². The van der Waals surface area contributed by atoms with Crippen LogP contribution in [-0.4, -0.2) is 45.0 Å². The maximum absolute atomic E-state index is 12.2. The van der Waals surface area contributed by atoms with E-state index < -0.39 is 0 Å². The summed E-state index contributed by atoms with van der Waals surface area (Å²) in [6.07, 6.45) is 1.27. The molecule has 6 nitrogen and oxygen atoms in total. The summed E-state index contributed by atoms with van der Waals surface area (Å²) >= 11 is 1.31. The van der Waals surface area contributed by atoms with Crippen molar-refractivity contribution in [3.8, 4) is 0 Å². The van der Waals surface area contributed by atoms with E-state index in [2.05, 4.69) is 10.2 Å². The minimum absolute atomic E-state index is 0.0278. The minimum Gasteiger partial charge on any atom is -0.397 e. The van der Waals surface area contributed by atoms with Crippen LogP contribution in [0.25, 0.3) is 0 Å². The Bertz CT molecular complexity index is 534. The van der Waals surface area contributed by atoms with Gasteiger partial charge in [-0.3, -0.25) is 9.59 Å². The lowest BCUT2D eigenvalue weighted by molar-refractivity contribution is 0.0964. The Morgan fingerprint density at radius 2 is 2.14 bits per heavy atom. The van der Waals surface area contributed by atoms with Crippen molar-refractivity contribution in [2.45, 2.75) is 19.8 Å². The highest BCUT2D eigenvalue weighted by Gasteiger charge is 2.27. The summed E-state index contributed by atoms with van der Waals surface area (Å²) in [4.78, 5) is 26.7. The minimum atomic E-state index is -0.251. The summed E-state index contributed by atoms with van der Waals surface area (Å²) in [5.74, 6) is -0.279. The number of ether oxygens (including phenoxy) is 1. The Morgan fingerprint density at radius 1 is 1.38 bits per heavy atom. The molecule has 0 radical (unpaired) electrons. The molecule has 2 heterocycles. The molecule has 2 rings (SSSR count). The van der Waals surface area contributed by atoms with Crippen LogP contribution in [0.5, 0.6) is 0 Å². The van der Waals surface area contributed by atoms with Crippen molar-refractivity contribution in [2.24, 2.45) is 0 Å². The lowest BCUT2D eigenvalue weighted by atomic mass is 10.1. The smallest absolute Gasteiger partial charge is 0.256 e. The van der Waals surface area contributed by atoms with Crippen molar-refractivity contribution in [2.75, 3.05) is 44.0 Å². The number of ketones is 1. The summed E-state index contributed by atoms with van der Waals surface area (Å²) in [5, 5.41) is 3.38. The van der Waals surface area contributed by atoms with Gasteiger partial charge in [-0.2, -0.15) is 0 Å². The van der Waals surface area contributed by atoms with Gasteiger partial charge in [-0.15, -0.1) is 11.3 Å². The first-order valence-corrected chi connectivity index (χ1v) is 7.92. The largest absolute Gasteiger partial charge is 0.397 e. The number of thiophene rings is 1. The second-order valence-corrected chi connectivity index (χ2v) is 5.83. The van der Waals surface area contributed by atoms with E-state index >= 15 is 0 Å². The number of hydrogen-bond donors (Lipinski definition) is 2. The molecule has 0 aliphatic carbocycles. The predicted molar refractivity (Wildman–Crippen MR) is 84.4 cm³/mol. The van der Waals surface area contributed by atoms with Crippen molar-refractivity contribution in [1.82, 2.24) is 5.32 Å². The third-order valence-corrected chi connectivity index (χ3v) is 4.77. The number of anilines is 2. The fraction of sp³-hybridized carbons (Fsp3) is 0.571. The Labute approximate surface area is 128 Å². The third-order valence-electron chi connectivity index (χ3n) is 3.46. The highest BCUT2D eigenvalue weighted by molar-refractivity contribution is 7.19. The number of nitrogens with zero attached hydrogens (tertiary/aromatic N) is 1. The number of carbonyl (C=O) groups excluding carboxylic acids is 2. The van der Waals surface area contributed by atoms with Gasteiger partial charge < -0.3 is 20.7 Å². The lowest BCUT2D eigenvalue weighted by Crippen LogP contribution is -2.28. The lowest BCUT2D eigenvalue weighted by Gasteiger charge is -2.21. The number of nitrogen functional groups attached to an aromatic ring is 1. The average molecular weight is 311 g/mol. The molecule has 21 heavy (non-hydrogen) atoms. The van der Waals surface area contributed by atoms with Crippen molar-refractivity contribution >= 4 is 33.7 Å². The van der Waals surface area contributed by atoms with E-state index in [4.69, 9.17) is 10.5 Å². The number of hydrogen-bond acceptors (Lipinski definition) is 6. The van der Waals surface area contributed by atoms with Gasteiger partial charge in [-0.25, -0.2) is 0 Å². The van der Waals surface area contributed by atoms with Crippen LogP contribution in [-0.2, 0) is 4.74 Å². The van der Waals surface area contributed by atoms with E-state index in [1.54, 1.807) is 14.0 Å². The molecule has 0 aromatic carbocycles. The molecule has 1 aliphatic heterocycles. The molecule has 1 saturated heterocycles. The first-order chi connectivity index (χ1) is 10.1. The van der Waals surface area contributed by atoms with Gasteiger partial charge in [0.25, 0.3) is 5.91 Å². The van der Waals surface area contributed by atoms with Crippen molar-refractivity contribution in [1.29, 1.82) is 0 Å². The van der Waals surface area contributed by atoms with E-state index in [9.17, 15) is 9.59 Å². The molecule has 0 atom stereocenters. The fourth-order valence-electron chi connectivity index (χ4n) is 2.32. The van der Waals surface area contributed by atoms with Gasteiger partial charge in [0.15, 0.2) is 5.78 Å². The monoisotopic (exact) mass is 311 g/mol. The van der Waals surface area contributed by atoms with Crippen LogP contribution >= 0.6 is 11.3 Å². The van der Waals surface area contributed by atoms with Gasteiger partial charge in [-0.1, -0.05) is 6.92 Å². The molecule has 0 spiro atoms. The molecule has 0 unspecified atom stereocenters. The predicted octanol–water partition coefficient (Wildman–Crippen LogP) is 1.51. The number of Topliss-reactive ketones (excluding diaryl/α,β-unsaturated/α-hetero) is 1. The first-order valence-electron chi connectivity index (χ1n) is 7.10. The highest BCUT2D eigenvalue weighted by atomic mass is 32.1. The summed E-state index contributed by atoms with van der Waals surface area (Å²) in [7, 11) is 1.57. The second kappa shape index (κ2) is 6.91. The van der Waals surface area contributed by atoms with Crippen LogP contribution in [0, 0.1) is 0 Å². The Morgan fingerprint density at radius 3 is 2.81 bits per heavy atom. The van der Waals surface area contributed by atoms with E-state index in [1.807, 2.05) is 0 Å². The number of amides is 1. The molecule has 3 N–H and O–H groups in total. The summed E-state index contributed by atoms with van der Waals surface area (Å²) in [6, 6.07) is 0. The summed E-state index contributed by atoms with van der Waals surface area (Å²) in [5.41, 5.74) is 6.79. The molecule has 116 valence electrons. The zero-order valence-electron chi connectivity index (χ0n) is 12.4. The molecular weight excluding hydrogens is 290 g/mol. The first kappa shape index (κ1) is 15.8. The van der Waals surface area contributed by atoms with Gasteiger partial charge in [0, 0.05) is 33.2 Å². The third kappa shape index (κ3) is 3.19. The molecular formula is C14H21N3O3S. The normalized spacial score (nSPS) is 15.6. The summed E-state index contributed by atoms with van der Waals surface area (Å²) in [6.45, 7) is 4.61. The zero-order chi connectivity index (χ0) is 15.4. The van der Waals surface area contributed by atoms with E-state index in [0.717, 1.165) is 18.0 Å². The Kier molecular flexibility index (Phi) is 5.19. The maximum atomic E-state index is 12.2. The van der Waals surface area contributed by atoms with Gasteiger partial charge in [-0.05, 0) is 6.42 Å². The molecule has 0 bridgehead atoms. The number of nitrogens with one attached hydrogen (secondary N) is 1. The van der Waals surface area contributed by atoms with Gasteiger partial charge in [0.2, 0.25) is 0 Å². The average Bonchev–Trinajstić information content (AvgIpc) is 2.69. The van der Waals surface area contributed by atoms with Crippen LogP contribution in [0.4, 0.5) is 10.7 Å². The topological polar surface area (TPSA) is 84.7 Å². The maximum Gasteiger partial charge on any atom is 0.256 e. The molecule has 1 aromatic heterocycles. The Balaban J connectivity index is 2.46. The van der Waals surface area contributed by atoms with E-state index in [0.29, 0.717) is 42.3 Å². The van der Waals surface area contributed by atoms with Gasteiger partial charge >= 0.3 is 0 Å². The number of carbonyl (C=O) groups is 2. The molecule has 1 aliphatic rings. The zero-order valence-corrected chi connectivity index (χ0v) is 13.2. The summed E-state index contributed by atoms with van der Waals surface area (Å²) < 4.78 is 5.44. The quantitative estimate of drug-likeness (QED) is 0.823. The van der Waals surface area contributed by atoms with Gasteiger partial charge in [0.1, 0.15) is 5.00 Å². The van der Waals surface area contributed by atoms with Gasteiger partial charge in [0.05, 0.1) is 22.7 Å². The molecule has 1 fully saturated rings. The molecule has 0 saturated carbocycles. The number of nitrogens with two attached hydrogens (primary N) is 1. The SMILES string of the molecule is CCC(=O)c1sc(N2CCCOCC2)c(C(=O)NC)c1N. The highest BCUT2D eigenvalue weighted by Crippen LogP contribution is 2.39. The van der Waals surface area contributed by atoms with Crippen LogP contribution in [0.2, 0.25) is 0 Å². The fourth-order valence-corrected chi connectivity index (χ4v) is 3.60. The van der Waals surface area contributed by atoms with Crippen LogP contribution in [0.1, 0.15) is 39.8 Å². The second-order valence-electron chi connectivity index (χ2n) is 4.83. The Hall–Kier alpha value is -1.60. The van der Waals surface area contributed by atoms with Crippen molar-refractivity contribution < 1.29 is 14.3 Å². The standard InChI is InChI=1S/C14H21N3O3S/c1-3-9(18)12-11(15)10(13(19)16-2)14(21-12)17-5-4-7-20-8-6-17/h3-8,15H2,1-2H3,(H,16,19). The molecule has 7 heteroatoms. The van der Waals surface area contributed by atoms with Crippen molar-refractivity contribution in [3.05, 3.63) is 10.4 Å². The van der Waals surface area contributed by atoms with Crippen LogP contribution in [0.15, 0.2) is 0 Å². The van der Waals surface area contributed by atoms with Crippen LogP contribution in [0.3, 0.4) is 0 Å². The van der Waals surface area contributed by atoms with Crippen molar-refractivity contribution in [3.63, 3.8) is 0 Å². The number of rotatable bonds is 4. The van der Waals surface area contributed by atoms with Crippen LogP contribution < -0.4 is 16.0 Å².